The highest BCUT2D eigenvalue weighted by molar-refractivity contribution is 7.94. The summed E-state index contributed by atoms with van der Waals surface area (Å²) in [6, 6.07) is 7.24. The Balaban J connectivity index is 1.68. The lowest BCUT2D eigenvalue weighted by atomic mass is 10.2. The summed E-state index contributed by atoms with van der Waals surface area (Å²) >= 11 is 0.796. The number of benzene rings is 1. The van der Waals surface area contributed by atoms with Crippen LogP contribution in [-0.2, 0) is 14.8 Å². The zero-order valence-corrected chi connectivity index (χ0v) is 16.1. The molecule has 1 aromatic heterocycles. The molecule has 2 aromatic rings. The maximum Gasteiger partial charge on any atom is 0.291 e. The molecule has 0 saturated carbocycles. The molecule has 9 nitrogen and oxygen atoms in total. The smallest absolute Gasteiger partial charge is 0.291 e. The molecular weight excluding hydrogens is 376 g/mol. The van der Waals surface area contributed by atoms with Crippen LogP contribution >= 0.6 is 11.3 Å². The summed E-state index contributed by atoms with van der Waals surface area (Å²) in [6.45, 7) is 5.20. The molecule has 11 heteroatoms. The molecule has 2 N–H and O–H groups in total. The Kier molecular flexibility index (Phi) is 5.39. The predicted molar refractivity (Wildman–Crippen MR) is 101 cm³/mol. The van der Waals surface area contributed by atoms with Crippen LogP contribution in [0, 0.1) is 0 Å². The van der Waals surface area contributed by atoms with E-state index >= 15 is 0 Å². The van der Waals surface area contributed by atoms with Crippen LogP contribution in [0.1, 0.15) is 6.92 Å². The van der Waals surface area contributed by atoms with E-state index in [2.05, 4.69) is 37.1 Å². The zero-order chi connectivity index (χ0) is 18.7. The molecule has 3 rings (SSSR count). The van der Waals surface area contributed by atoms with Gasteiger partial charge in [0, 0.05) is 44.5 Å². The average Bonchev–Trinajstić information content (AvgIpc) is 3.05. The van der Waals surface area contributed by atoms with E-state index in [4.69, 9.17) is 0 Å². The van der Waals surface area contributed by atoms with Crippen molar-refractivity contribution in [1.82, 2.24) is 15.1 Å². The zero-order valence-electron chi connectivity index (χ0n) is 14.5. The Labute approximate surface area is 156 Å². The number of nitrogens with one attached hydrogen (secondary N) is 2. The highest BCUT2D eigenvalue weighted by atomic mass is 32.2. The van der Waals surface area contributed by atoms with Crippen LogP contribution in [0.25, 0.3) is 0 Å². The molecule has 0 radical (unpaired) electrons. The van der Waals surface area contributed by atoms with Crippen molar-refractivity contribution < 1.29 is 13.2 Å². The number of sulfonamides is 1. The van der Waals surface area contributed by atoms with Gasteiger partial charge in [-0.1, -0.05) is 11.3 Å². The Hall–Kier alpha value is -2.24. The minimum absolute atomic E-state index is 0.142. The fraction of sp³-hybridized carbons (Fsp3) is 0.400. The van der Waals surface area contributed by atoms with E-state index in [1.165, 1.54) is 6.92 Å². The third-order valence-corrected chi connectivity index (χ3v) is 6.49. The van der Waals surface area contributed by atoms with Crippen molar-refractivity contribution in [3.8, 4) is 0 Å². The van der Waals surface area contributed by atoms with E-state index in [-0.39, 0.29) is 15.4 Å². The van der Waals surface area contributed by atoms with Crippen LogP contribution in [0.5, 0.6) is 0 Å². The summed E-state index contributed by atoms with van der Waals surface area (Å²) in [5.41, 5.74) is 1.50. The maximum atomic E-state index is 12.4. The van der Waals surface area contributed by atoms with E-state index in [0.29, 0.717) is 5.69 Å². The molecule has 1 aromatic carbocycles. The number of nitrogens with zero attached hydrogens (tertiary/aromatic N) is 4. The normalized spacial score (nSPS) is 15.7. The van der Waals surface area contributed by atoms with Gasteiger partial charge in [-0.2, -0.15) is 8.42 Å². The largest absolute Gasteiger partial charge is 0.369 e. The summed E-state index contributed by atoms with van der Waals surface area (Å²) < 4.78 is 27.1. The van der Waals surface area contributed by atoms with Crippen molar-refractivity contribution in [2.24, 2.45) is 0 Å². The molecule has 140 valence electrons. The Morgan fingerprint density at radius 1 is 1.12 bits per heavy atom. The lowest BCUT2D eigenvalue weighted by Gasteiger charge is -2.34. The second kappa shape index (κ2) is 7.56. The third-order valence-electron chi connectivity index (χ3n) is 3.91. The number of carbonyl (C=O) groups is 1. The Morgan fingerprint density at radius 2 is 1.77 bits per heavy atom. The molecule has 1 amide bonds. The molecule has 1 saturated heterocycles. The summed E-state index contributed by atoms with van der Waals surface area (Å²) in [7, 11) is -1.75. The third kappa shape index (κ3) is 4.48. The van der Waals surface area contributed by atoms with Gasteiger partial charge in [0.1, 0.15) is 0 Å². The minimum atomic E-state index is -3.85. The topological polar surface area (TPSA) is 108 Å². The molecule has 2 heterocycles. The van der Waals surface area contributed by atoms with Gasteiger partial charge in [-0.15, -0.1) is 10.2 Å². The minimum Gasteiger partial charge on any atom is -0.369 e. The first-order valence-electron chi connectivity index (χ1n) is 8.01. The first kappa shape index (κ1) is 18.5. The summed E-state index contributed by atoms with van der Waals surface area (Å²) in [4.78, 5) is 15.5. The molecule has 26 heavy (non-hydrogen) atoms. The molecule has 0 bridgehead atoms. The predicted octanol–water partition coefficient (Wildman–Crippen LogP) is 1.05. The maximum absolute atomic E-state index is 12.4. The second-order valence-corrected chi connectivity index (χ2v) is 8.83. The van der Waals surface area contributed by atoms with Gasteiger partial charge < -0.3 is 15.1 Å². The van der Waals surface area contributed by atoms with Gasteiger partial charge in [-0.05, 0) is 31.3 Å². The Morgan fingerprint density at radius 3 is 2.38 bits per heavy atom. The first-order chi connectivity index (χ1) is 12.3. The lowest BCUT2D eigenvalue weighted by Crippen LogP contribution is -2.44. The van der Waals surface area contributed by atoms with Gasteiger partial charge >= 0.3 is 0 Å². The van der Waals surface area contributed by atoms with E-state index < -0.39 is 10.0 Å². The van der Waals surface area contributed by atoms with Gasteiger partial charge in [-0.25, -0.2) is 0 Å². The van der Waals surface area contributed by atoms with E-state index in [1.807, 2.05) is 12.1 Å². The van der Waals surface area contributed by atoms with Crippen molar-refractivity contribution in [2.75, 3.05) is 48.2 Å². The molecule has 0 aliphatic carbocycles. The SMILES string of the molecule is CC(=O)Nc1nnc(S(=O)(=O)Nc2ccc(N3CCN(C)CC3)cc2)s1. The van der Waals surface area contributed by atoms with Crippen molar-refractivity contribution in [1.29, 1.82) is 0 Å². The second-order valence-electron chi connectivity index (χ2n) is 6.00. The van der Waals surface area contributed by atoms with Gasteiger partial charge in [0.2, 0.25) is 11.0 Å². The quantitative estimate of drug-likeness (QED) is 0.727. The number of likely N-dealkylation sites (N-methyl/N-ethyl adjacent to an activating group) is 1. The van der Waals surface area contributed by atoms with E-state index in [9.17, 15) is 13.2 Å². The van der Waals surface area contributed by atoms with Gasteiger partial charge in [0.05, 0.1) is 0 Å². The number of piperazine rings is 1. The Bertz CT molecular complexity index is 873. The van der Waals surface area contributed by atoms with Crippen LogP contribution in [0.15, 0.2) is 28.6 Å². The molecule has 0 spiro atoms. The van der Waals surface area contributed by atoms with Crippen molar-refractivity contribution in [2.45, 2.75) is 11.3 Å². The van der Waals surface area contributed by atoms with Crippen LogP contribution in [0.2, 0.25) is 0 Å². The van der Waals surface area contributed by atoms with Gasteiger partial charge in [0.25, 0.3) is 14.4 Å². The number of carbonyl (C=O) groups excluding carboxylic acids is 1. The fourth-order valence-corrected chi connectivity index (χ4v) is 4.53. The monoisotopic (exact) mass is 396 g/mol. The molecule has 1 aliphatic heterocycles. The van der Waals surface area contributed by atoms with Crippen molar-refractivity contribution >= 4 is 43.8 Å². The van der Waals surface area contributed by atoms with Gasteiger partial charge in [-0.3, -0.25) is 9.52 Å². The van der Waals surface area contributed by atoms with E-state index in [1.54, 1.807) is 12.1 Å². The number of hydrogen-bond acceptors (Lipinski definition) is 8. The van der Waals surface area contributed by atoms with E-state index in [0.717, 1.165) is 43.2 Å². The molecule has 1 fully saturated rings. The summed E-state index contributed by atoms with van der Waals surface area (Å²) in [6.07, 6.45) is 0. The standard InChI is InChI=1S/C15H20N6O3S2/c1-11(22)16-14-17-18-15(25-14)26(23,24)19-12-3-5-13(6-4-12)21-9-7-20(2)8-10-21/h3-6,19H,7-10H2,1-2H3,(H,16,17,22). The van der Waals surface area contributed by atoms with Crippen LogP contribution in [0.3, 0.4) is 0 Å². The number of aromatic nitrogens is 2. The van der Waals surface area contributed by atoms with Crippen LogP contribution < -0.4 is 14.9 Å². The summed E-state index contributed by atoms with van der Waals surface area (Å²) in [5, 5.41) is 9.83. The summed E-state index contributed by atoms with van der Waals surface area (Å²) in [5.74, 6) is -0.336. The number of rotatable bonds is 5. The molecule has 0 atom stereocenters. The van der Waals surface area contributed by atoms with Crippen molar-refractivity contribution in [3.63, 3.8) is 0 Å². The van der Waals surface area contributed by atoms with Crippen LogP contribution in [0.4, 0.5) is 16.5 Å². The fourth-order valence-electron chi connectivity index (χ4n) is 2.52. The highest BCUT2D eigenvalue weighted by Gasteiger charge is 2.21. The average molecular weight is 396 g/mol. The van der Waals surface area contributed by atoms with Gasteiger partial charge in [0.15, 0.2) is 0 Å². The lowest BCUT2D eigenvalue weighted by molar-refractivity contribution is -0.114. The van der Waals surface area contributed by atoms with Crippen LogP contribution in [-0.4, -0.2) is 62.6 Å². The molecule has 1 aliphatic rings. The number of amides is 1. The molecular formula is C15H20N6O3S2. The highest BCUT2D eigenvalue weighted by Crippen LogP contribution is 2.24. The number of anilines is 3. The first-order valence-corrected chi connectivity index (χ1v) is 10.3. The molecule has 0 unspecified atom stereocenters. The number of hydrogen-bond donors (Lipinski definition) is 2. The van der Waals surface area contributed by atoms with Crippen molar-refractivity contribution in [3.05, 3.63) is 24.3 Å².